The third-order valence-electron chi connectivity index (χ3n) is 5.48. The van der Waals surface area contributed by atoms with Gasteiger partial charge in [-0.3, -0.25) is 9.59 Å². The fraction of sp³-hybridized carbons (Fsp3) is 0.500. The summed E-state index contributed by atoms with van der Waals surface area (Å²) in [6, 6.07) is 5.28. The van der Waals surface area contributed by atoms with Gasteiger partial charge < -0.3 is 15.5 Å². The third kappa shape index (κ3) is 5.71. The minimum absolute atomic E-state index is 0. The van der Waals surface area contributed by atoms with E-state index >= 15 is 0 Å². The molecule has 2 aliphatic heterocycles. The number of hydrogen-bond donors (Lipinski definition) is 2. The molecule has 164 valence electrons. The molecular formula is C20H28Cl2N6O2. The van der Waals surface area contributed by atoms with Crippen LogP contribution in [0.15, 0.2) is 36.8 Å². The van der Waals surface area contributed by atoms with E-state index in [4.69, 9.17) is 0 Å². The zero-order valence-corrected chi connectivity index (χ0v) is 18.3. The first kappa shape index (κ1) is 24.1. The summed E-state index contributed by atoms with van der Waals surface area (Å²) in [5, 5.41) is 10.4. The summed E-state index contributed by atoms with van der Waals surface area (Å²) in [5.41, 5.74) is 0.611. The normalized spacial score (nSPS) is 20.7. The molecule has 2 aromatic heterocycles. The van der Waals surface area contributed by atoms with Gasteiger partial charge >= 0.3 is 0 Å². The van der Waals surface area contributed by atoms with Gasteiger partial charge in [-0.05, 0) is 56.3 Å². The second-order valence-electron chi connectivity index (χ2n) is 7.51. The third-order valence-corrected chi connectivity index (χ3v) is 5.48. The highest BCUT2D eigenvalue weighted by Gasteiger charge is 2.27. The van der Waals surface area contributed by atoms with Crippen LogP contribution < -0.4 is 10.6 Å². The number of rotatable bonds is 5. The summed E-state index contributed by atoms with van der Waals surface area (Å²) in [6.07, 6.45) is 9.05. The van der Waals surface area contributed by atoms with Gasteiger partial charge in [0.15, 0.2) is 5.82 Å². The van der Waals surface area contributed by atoms with E-state index in [1.165, 1.54) is 0 Å². The Kier molecular flexibility index (Phi) is 9.08. The predicted octanol–water partition coefficient (Wildman–Crippen LogP) is 1.83. The first-order valence-electron chi connectivity index (χ1n) is 9.97. The summed E-state index contributed by atoms with van der Waals surface area (Å²) in [5.74, 6) is 0.999. The van der Waals surface area contributed by atoms with Crippen LogP contribution in [-0.4, -0.2) is 63.7 Å². The van der Waals surface area contributed by atoms with E-state index in [0.717, 1.165) is 38.8 Å². The molecule has 8 nitrogen and oxygen atoms in total. The summed E-state index contributed by atoms with van der Waals surface area (Å²) < 4.78 is 1.64. The van der Waals surface area contributed by atoms with E-state index in [0.29, 0.717) is 24.5 Å². The fourth-order valence-electron chi connectivity index (χ4n) is 3.96. The summed E-state index contributed by atoms with van der Waals surface area (Å²) in [7, 11) is 0. The molecule has 2 N–H and O–H groups in total. The average Bonchev–Trinajstić information content (AvgIpc) is 3.46. The Morgan fingerprint density at radius 2 is 2.07 bits per heavy atom. The quantitative estimate of drug-likeness (QED) is 0.718. The summed E-state index contributed by atoms with van der Waals surface area (Å²) in [4.78, 5) is 31.4. The van der Waals surface area contributed by atoms with E-state index in [-0.39, 0.29) is 48.6 Å². The van der Waals surface area contributed by atoms with Crippen molar-refractivity contribution in [2.24, 2.45) is 5.92 Å². The van der Waals surface area contributed by atoms with Crippen molar-refractivity contribution in [3.05, 3.63) is 42.4 Å². The van der Waals surface area contributed by atoms with Crippen LogP contribution in [0.5, 0.6) is 0 Å². The zero-order chi connectivity index (χ0) is 19.3. The summed E-state index contributed by atoms with van der Waals surface area (Å²) in [6.45, 7) is 2.94. The first-order chi connectivity index (χ1) is 13.7. The number of carbonyl (C=O) groups is 2. The number of nitrogens with one attached hydrogen (secondary N) is 2. The van der Waals surface area contributed by atoms with Gasteiger partial charge in [0.25, 0.3) is 5.91 Å². The van der Waals surface area contributed by atoms with E-state index in [1.54, 1.807) is 35.4 Å². The SMILES string of the molecule is Cl.Cl.O=C(NCC1CCCN(C(=O)c2ccnc(-n3cccn3)c2)C1)C1CCCN1. The molecular weight excluding hydrogens is 427 g/mol. The number of pyridine rings is 1. The minimum Gasteiger partial charge on any atom is -0.354 e. The van der Waals surface area contributed by atoms with Crippen LogP contribution >= 0.6 is 24.8 Å². The van der Waals surface area contributed by atoms with Crippen LogP contribution in [0.2, 0.25) is 0 Å². The Labute approximate surface area is 188 Å². The lowest BCUT2D eigenvalue weighted by atomic mass is 9.97. The van der Waals surface area contributed by atoms with Crippen molar-refractivity contribution in [2.45, 2.75) is 31.7 Å². The van der Waals surface area contributed by atoms with Crippen molar-refractivity contribution in [1.29, 1.82) is 0 Å². The molecule has 0 spiro atoms. The molecule has 2 unspecified atom stereocenters. The van der Waals surface area contributed by atoms with E-state index in [2.05, 4.69) is 20.7 Å². The van der Waals surface area contributed by atoms with E-state index < -0.39 is 0 Å². The highest BCUT2D eigenvalue weighted by Crippen LogP contribution is 2.19. The second-order valence-corrected chi connectivity index (χ2v) is 7.51. The Bertz CT molecular complexity index is 826. The molecule has 0 saturated carbocycles. The Balaban J connectivity index is 0.00000160. The Morgan fingerprint density at radius 3 is 2.80 bits per heavy atom. The molecule has 2 atom stereocenters. The highest BCUT2D eigenvalue weighted by atomic mass is 35.5. The maximum Gasteiger partial charge on any atom is 0.254 e. The van der Waals surface area contributed by atoms with Crippen molar-refractivity contribution in [2.75, 3.05) is 26.2 Å². The highest BCUT2D eigenvalue weighted by molar-refractivity contribution is 5.94. The van der Waals surface area contributed by atoms with Crippen LogP contribution in [0.25, 0.3) is 5.82 Å². The molecule has 2 fully saturated rings. The van der Waals surface area contributed by atoms with Gasteiger partial charge in [0.05, 0.1) is 6.04 Å². The second kappa shape index (κ2) is 11.3. The van der Waals surface area contributed by atoms with Gasteiger partial charge in [-0.1, -0.05) is 0 Å². The number of likely N-dealkylation sites (tertiary alicyclic amines) is 1. The molecule has 30 heavy (non-hydrogen) atoms. The first-order valence-corrected chi connectivity index (χ1v) is 9.97. The molecule has 10 heteroatoms. The monoisotopic (exact) mass is 454 g/mol. The lowest BCUT2D eigenvalue weighted by molar-refractivity contribution is -0.123. The lowest BCUT2D eigenvalue weighted by Gasteiger charge is -2.33. The topological polar surface area (TPSA) is 92.2 Å². The smallest absolute Gasteiger partial charge is 0.254 e. The molecule has 2 saturated heterocycles. The molecule has 4 heterocycles. The largest absolute Gasteiger partial charge is 0.354 e. The minimum atomic E-state index is -0.0566. The van der Waals surface area contributed by atoms with Gasteiger partial charge in [0.2, 0.25) is 5.91 Å². The maximum absolute atomic E-state index is 13.0. The van der Waals surface area contributed by atoms with Crippen molar-refractivity contribution >= 4 is 36.6 Å². The van der Waals surface area contributed by atoms with Crippen LogP contribution in [0.3, 0.4) is 0 Å². The fourth-order valence-corrected chi connectivity index (χ4v) is 3.96. The van der Waals surface area contributed by atoms with Crippen LogP contribution in [0.1, 0.15) is 36.0 Å². The van der Waals surface area contributed by atoms with Gasteiger partial charge in [0, 0.05) is 43.8 Å². The Hall–Kier alpha value is -2.16. The standard InChI is InChI=1S/C20H26N6O2.2ClH/c27-19(17-5-1-7-21-17)23-13-15-4-2-10-25(14-15)20(28)16-6-9-22-18(12-16)26-11-3-8-24-26;;/h3,6,8-9,11-12,15,17,21H,1-2,4-5,7,10,13-14H2,(H,23,27);2*1H. The summed E-state index contributed by atoms with van der Waals surface area (Å²) >= 11 is 0. The van der Waals surface area contributed by atoms with Gasteiger partial charge in [-0.25, -0.2) is 9.67 Å². The van der Waals surface area contributed by atoms with Crippen LogP contribution in [0.4, 0.5) is 0 Å². The lowest BCUT2D eigenvalue weighted by Crippen LogP contribution is -2.46. The number of nitrogens with zero attached hydrogens (tertiary/aromatic N) is 4. The van der Waals surface area contributed by atoms with Gasteiger partial charge in [-0.2, -0.15) is 5.10 Å². The molecule has 2 aromatic rings. The van der Waals surface area contributed by atoms with Crippen LogP contribution in [-0.2, 0) is 4.79 Å². The van der Waals surface area contributed by atoms with Gasteiger partial charge in [-0.15, -0.1) is 24.8 Å². The molecule has 2 aliphatic rings. The molecule has 4 rings (SSSR count). The predicted molar refractivity (Wildman–Crippen MR) is 119 cm³/mol. The van der Waals surface area contributed by atoms with Crippen LogP contribution in [0, 0.1) is 5.92 Å². The molecule has 0 bridgehead atoms. The van der Waals surface area contributed by atoms with E-state index in [9.17, 15) is 9.59 Å². The van der Waals surface area contributed by atoms with Crippen molar-refractivity contribution < 1.29 is 9.59 Å². The number of piperidine rings is 1. The zero-order valence-electron chi connectivity index (χ0n) is 16.7. The molecule has 2 amide bonds. The van der Waals surface area contributed by atoms with E-state index in [1.807, 2.05) is 11.0 Å². The van der Waals surface area contributed by atoms with Crippen molar-refractivity contribution in [1.82, 2.24) is 30.3 Å². The number of amides is 2. The van der Waals surface area contributed by atoms with Crippen molar-refractivity contribution in [3.63, 3.8) is 0 Å². The Morgan fingerprint density at radius 1 is 1.20 bits per heavy atom. The number of carbonyl (C=O) groups excluding carboxylic acids is 2. The van der Waals surface area contributed by atoms with Gasteiger partial charge in [0.1, 0.15) is 0 Å². The van der Waals surface area contributed by atoms with Crippen molar-refractivity contribution in [3.8, 4) is 5.82 Å². The number of halogens is 2. The average molecular weight is 455 g/mol. The number of aromatic nitrogens is 3. The molecule has 0 aliphatic carbocycles. The number of hydrogen-bond acceptors (Lipinski definition) is 5. The molecule has 0 aromatic carbocycles. The molecule has 0 radical (unpaired) electrons. The maximum atomic E-state index is 13.0.